The standard InChI is InChI=1S/C13H14O5.C2H6O.C2H6/c1-4-5-18-11-6-10(15)8(2)9(7-14)12(11)13(16)17-3;1-3-2;1-2/h4,6-7,15H,1,5H2,2-3H3;1-2H3;1-2H3. The third-order valence-electron chi connectivity index (χ3n) is 2.44. The average Bonchev–Trinajstić information content (AvgIpc) is 2.57. The van der Waals surface area contributed by atoms with E-state index in [2.05, 4.69) is 16.1 Å². The van der Waals surface area contributed by atoms with Crippen molar-refractivity contribution in [3.8, 4) is 11.5 Å². The maximum absolute atomic E-state index is 11.7. The highest BCUT2D eigenvalue weighted by molar-refractivity contribution is 6.02. The Labute approximate surface area is 137 Å². The van der Waals surface area contributed by atoms with E-state index in [-0.39, 0.29) is 29.2 Å². The first-order valence-corrected chi connectivity index (χ1v) is 7.02. The van der Waals surface area contributed by atoms with Gasteiger partial charge in [0.05, 0.1) is 7.11 Å². The molecule has 130 valence electrons. The van der Waals surface area contributed by atoms with Gasteiger partial charge in [-0.2, -0.15) is 0 Å². The molecule has 0 fully saturated rings. The fourth-order valence-electron chi connectivity index (χ4n) is 1.49. The molecule has 1 aromatic carbocycles. The van der Waals surface area contributed by atoms with Crippen molar-refractivity contribution < 1.29 is 28.9 Å². The van der Waals surface area contributed by atoms with Crippen LogP contribution < -0.4 is 4.74 Å². The van der Waals surface area contributed by atoms with Gasteiger partial charge in [-0.1, -0.05) is 26.5 Å². The summed E-state index contributed by atoms with van der Waals surface area (Å²) in [5.74, 6) is -0.727. The summed E-state index contributed by atoms with van der Waals surface area (Å²) in [6.45, 7) is 9.15. The van der Waals surface area contributed by atoms with Crippen LogP contribution in [0, 0.1) is 6.92 Å². The fourth-order valence-corrected chi connectivity index (χ4v) is 1.49. The molecule has 0 heterocycles. The number of methoxy groups -OCH3 is 2. The number of carbonyl (C=O) groups is 2. The predicted octanol–water partition coefficient (Wildman–Crippen LogP) is 3.15. The van der Waals surface area contributed by atoms with Gasteiger partial charge in [-0.15, -0.1) is 0 Å². The van der Waals surface area contributed by atoms with E-state index in [1.54, 1.807) is 14.2 Å². The number of carbonyl (C=O) groups excluding carboxylic acids is 2. The zero-order valence-electron chi connectivity index (χ0n) is 14.6. The van der Waals surface area contributed by atoms with Crippen LogP contribution in [0.4, 0.5) is 0 Å². The number of hydrogen-bond donors (Lipinski definition) is 1. The summed E-state index contributed by atoms with van der Waals surface area (Å²) >= 11 is 0. The van der Waals surface area contributed by atoms with Crippen molar-refractivity contribution in [2.75, 3.05) is 27.9 Å². The molecule has 0 spiro atoms. The molecule has 0 aliphatic rings. The van der Waals surface area contributed by atoms with Gasteiger partial charge in [-0.3, -0.25) is 4.79 Å². The van der Waals surface area contributed by atoms with Crippen LogP contribution in [0.25, 0.3) is 0 Å². The van der Waals surface area contributed by atoms with Crippen LogP contribution in [0.5, 0.6) is 11.5 Å². The number of phenolic OH excluding ortho intramolecular Hbond substituents is 1. The Kier molecular flexibility index (Phi) is 13.3. The highest BCUT2D eigenvalue weighted by atomic mass is 16.5. The van der Waals surface area contributed by atoms with E-state index in [0.717, 1.165) is 0 Å². The van der Waals surface area contributed by atoms with Crippen molar-refractivity contribution in [1.29, 1.82) is 0 Å². The molecule has 0 aliphatic carbocycles. The summed E-state index contributed by atoms with van der Waals surface area (Å²) in [5, 5.41) is 9.67. The van der Waals surface area contributed by atoms with Crippen LogP contribution in [-0.2, 0) is 9.47 Å². The Morgan fingerprint density at radius 1 is 1.30 bits per heavy atom. The molecule has 0 saturated carbocycles. The number of aromatic hydroxyl groups is 1. The molecule has 0 unspecified atom stereocenters. The molecular weight excluding hydrogens is 300 g/mol. The van der Waals surface area contributed by atoms with E-state index in [4.69, 9.17) is 4.74 Å². The van der Waals surface area contributed by atoms with Crippen molar-refractivity contribution in [2.24, 2.45) is 0 Å². The van der Waals surface area contributed by atoms with Gasteiger partial charge in [0.25, 0.3) is 0 Å². The maximum Gasteiger partial charge on any atom is 0.342 e. The third-order valence-corrected chi connectivity index (χ3v) is 2.44. The van der Waals surface area contributed by atoms with Gasteiger partial charge >= 0.3 is 5.97 Å². The van der Waals surface area contributed by atoms with Crippen LogP contribution in [0.2, 0.25) is 0 Å². The summed E-state index contributed by atoms with van der Waals surface area (Å²) in [5.41, 5.74) is 0.363. The molecule has 1 aromatic rings. The molecule has 6 heteroatoms. The number of phenols is 1. The highest BCUT2D eigenvalue weighted by Gasteiger charge is 2.22. The van der Waals surface area contributed by atoms with Crippen LogP contribution in [-0.4, -0.2) is 45.3 Å². The Morgan fingerprint density at radius 3 is 2.22 bits per heavy atom. The Morgan fingerprint density at radius 2 is 1.83 bits per heavy atom. The van der Waals surface area contributed by atoms with Crippen LogP contribution >= 0.6 is 0 Å². The fraction of sp³-hybridized carbons (Fsp3) is 0.412. The average molecular weight is 326 g/mol. The molecule has 23 heavy (non-hydrogen) atoms. The van der Waals surface area contributed by atoms with Gasteiger partial charge < -0.3 is 19.3 Å². The van der Waals surface area contributed by atoms with Crippen molar-refractivity contribution in [3.63, 3.8) is 0 Å². The highest BCUT2D eigenvalue weighted by Crippen LogP contribution is 2.32. The quantitative estimate of drug-likeness (QED) is 0.508. The van der Waals surface area contributed by atoms with Gasteiger partial charge in [0.2, 0.25) is 0 Å². The largest absolute Gasteiger partial charge is 0.508 e. The monoisotopic (exact) mass is 326 g/mol. The second-order valence-corrected chi connectivity index (χ2v) is 3.92. The number of hydrogen-bond acceptors (Lipinski definition) is 6. The van der Waals surface area contributed by atoms with Gasteiger partial charge in [-0.05, 0) is 6.92 Å². The summed E-state index contributed by atoms with van der Waals surface area (Å²) < 4.78 is 14.1. The smallest absolute Gasteiger partial charge is 0.342 e. The first-order valence-electron chi connectivity index (χ1n) is 7.02. The lowest BCUT2D eigenvalue weighted by Gasteiger charge is -2.13. The van der Waals surface area contributed by atoms with E-state index in [1.807, 2.05) is 13.8 Å². The molecule has 1 rings (SSSR count). The summed E-state index contributed by atoms with van der Waals surface area (Å²) in [7, 11) is 4.45. The molecule has 0 radical (unpaired) electrons. The molecule has 0 amide bonds. The number of ether oxygens (including phenoxy) is 3. The van der Waals surface area contributed by atoms with Crippen molar-refractivity contribution in [1.82, 2.24) is 0 Å². The maximum atomic E-state index is 11.7. The summed E-state index contributed by atoms with van der Waals surface area (Å²) in [6, 6.07) is 1.28. The topological polar surface area (TPSA) is 82.1 Å². The molecule has 1 N–H and O–H groups in total. The molecule has 0 aromatic heterocycles. The van der Waals surface area contributed by atoms with E-state index >= 15 is 0 Å². The summed E-state index contributed by atoms with van der Waals surface area (Å²) in [4.78, 5) is 22.7. The first-order chi connectivity index (χ1) is 11.0. The second kappa shape index (κ2) is 13.3. The molecular formula is C17H26O6. The predicted molar refractivity (Wildman–Crippen MR) is 89.5 cm³/mol. The van der Waals surface area contributed by atoms with Crippen LogP contribution in [0.3, 0.4) is 0 Å². The normalized spacial score (nSPS) is 8.61. The van der Waals surface area contributed by atoms with Crippen molar-refractivity contribution in [2.45, 2.75) is 20.8 Å². The number of rotatable bonds is 5. The SMILES string of the molecule is C=CCOc1cc(O)c(C)c(C=O)c1C(=O)OC.CC.COC. The minimum absolute atomic E-state index is 0.00431. The van der Waals surface area contributed by atoms with E-state index in [0.29, 0.717) is 11.8 Å². The van der Waals surface area contributed by atoms with E-state index < -0.39 is 5.97 Å². The first kappa shape index (κ1) is 22.9. The Balaban J connectivity index is 0. The molecule has 6 nitrogen and oxygen atoms in total. The zero-order valence-corrected chi connectivity index (χ0v) is 14.6. The lowest BCUT2D eigenvalue weighted by Crippen LogP contribution is -2.10. The lowest BCUT2D eigenvalue weighted by atomic mass is 10.0. The van der Waals surface area contributed by atoms with Crippen LogP contribution in [0.15, 0.2) is 18.7 Å². The van der Waals surface area contributed by atoms with E-state index in [1.165, 1.54) is 26.2 Å². The molecule has 0 aliphatic heterocycles. The Hall–Kier alpha value is -2.34. The van der Waals surface area contributed by atoms with Gasteiger partial charge in [-0.25, -0.2) is 4.79 Å². The number of esters is 1. The Bertz CT molecular complexity index is 508. The lowest BCUT2D eigenvalue weighted by molar-refractivity contribution is 0.0594. The molecule has 0 atom stereocenters. The minimum atomic E-state index is -0.695. The van der Waals surface area contributed by atoms with Gasteiger partial charge in [0, 0.05) is 31.4 Å². The minimum Gasteiger partial charge on any atom is -0.508 e. The van der Waals surface area contributed by atoms with E-state index in [9.17, 15) is 14.7 Å². The number of aldehydes is 1. The zero-order chi connectivity index (χ0) is 18.4. The number of benzene rings is 1. The summed E-state index contributed by atoms with van der Waals surface area (Å²) in [6.07, 6.45) is 1.97. The van der Waals surface area contributed by atoms with Crippen molar-refractivity contribution >= 4 is 12.3 Å². The van der Waals surface area contributed by atoms with Gasteiger partial charge in [0.1, 0.15) is 23.7 Å². The van der Waals surface area contributed by atoms with Crippen molar-refractivity contribution in [3.05, 3.63) is 35.4 Å². The van der Waals surface area contributed by atoms with Crippen LogP contribution in [0.1, 0.15) is 40.1 Å². The molecule has 0 bridgehead atoms. The molecule has 0 saturated heterocycles. The third kappa shape index (κ3) is 6.97. The second-order valence-electron chi connectivity index (χ2n) is 3.92. The van der Waals surface area contributed by atoms with Gasteiger partial charge in [0.15, 0.2) is 6.29 Å².